The Morgan fingerprint density at radius 3 is 2.32 bits per heavy atom. The van der Waals surface area contributed by atoms with E-state index in [-0.39, 0.29) is 12.4 Å². The van der Waals surface area contributed by atoms with Crippen molar-refractivity contribution in [1.29, 1.82) is 0 Å². The number of amidine groups is 1. The average Bonchev–Trinajstić information content (AvgIpc) is 2.55. The zero-order chi connectivity index (χ0) is 15.1. The minimum absolute atomic E-state index is 0. The van der Waals surface area contributed by atoms with Crippen molar-refractivity contribution in [2.75, 3.05) is 20.8 Å². The van der Waals surface area contributed by atoms with Gasteiger partial charge in [0, 0.05) is 12.1 Å². The van der Waals surface area contributed by atoms with E-state index in [1.54, 1.807) is 14.2 Å². The topological polar surface area (TPSA) is 56.8 Å². The molecule has 0 saturated heterocycles. The van der Waals surface area contributed by atoms with Crippen molar-refractivity contribution in [2.45, 2.75) is 6.42 Å². The van der Waals surface area contributed by atoms with Gasteiger partial charge in [-0.05, 0) is 24.1 Å². The lowest BCUT2D eigenvalue weighted by Gasteiger charge is -2.09. The fourth-order valence-electron chi connectivity index (χ4n) is 2.04. The van der Waals surface area contributed by atoms with Gasteiger partial charge in [0.25, 0.3) is 0 Å². The summed E-state index contributed by atoms with van der Waals surface area (Å²) in [6.45, 7) is 0.635. The number of ether oxygens (including phenoxy) is 2. The van der Waals surface area contributed by atoms with Crippen molar-refractivity contribution in [3.8, 4) is 11.5 Å². The summed E-state index contributed by atoms with van der Waals surface area (Å²) in [5.74, 6) is 2.03. The molecule has 0 amide bonds. The molecule has 0 fully saturated rings. The summed E-state index contributed by atoms with van der Waals surface area (Å²) in [4.78, 5) is 4.41. The second-order valence-corrected chi connectivity index (χ2v) is 4.57. The number of benzene rings is 2. The van der Waals surface area contributed by atoms with Crippen molar-refractivity contribution in [2.24, 2.45) is 10.7 Å². The van der Waals surface area contributed by atoms with Gasteiger partial charge in [-0.1, -0.05) is 36.4 Å². The first-order valence-electron chi connectivity index (χ1n) is 6.81. The number of aliphatic imine (C=N–C) groups is 1. The highest BCUT2D eigenvalue weighted by molar-refractivity contribution is 5.97. The van der Waals surface area contributed by atoms with Crippen molar-refractivity contribution in [3.63, 3.8) is 0 Å². The largest absolute Gasteiger partial charge is 0.493 e. The highest BCUT2D eigenvalue weighted by Gasteiger charge is 2.04. The van der Waals surface area contributed by atoms with Crippen LogP contribution in [0.3, 0.4) is 0 Å². The van der Waals surface area contributed by atoms with Crippen LogP contribution in [0.4, 0.5) is 0 Å². The quantitative estimate of drug-likeness (QED) is 0.657. The van der Waals surface area contributed by atoms with Crippen LogP contribution in [0.2, 0.25) is 0 Å². The summed E-state index contributed by atoms with van der Waals surface area (Å²) in [6, 6.07) is 15.6. The lowest BCUT2D eigenvalue weighted by molar-refractivity contribution is 0.354. The normalized spacial score (nSPS) is 10.7. The van der Waals surface area contributed by atoms with E-state index in [1.165, 1.54) is 0 Å². The lowest BCUT2D eigenvalue weighted by Crippen LogP contribution is -2.14. The van der Waals surface area contributed by atoms with Crippen molar-refractivity contribution < 1.29 is 9.47 Å². The van der Waals surface area contributed by atoms with Gasteiger partial charge in [0.15, 0.2) is 11.5 Å². The van der Waals surface area contributed by atoms with Crippen LogP contribution in [0, 0.1) is 0 Å². The number of methoxy groups -OCH3 is 2. The SMILES string of the molecule is COc1ccc(CCN=C(N)c2ccccc2)cc1OC.Cl. The van der Waals surface area contributed by atoms with Crippen LogP contribution < -0.4 is 15.2 Å². The minimum Gasteiger partial charge on any atom is -0.493 e. The van der Waals surface area contributed by atoms with Gasteiger partial charge in [0.05, 0.1) is 14.2 Å². The Morgan fingerprint density at radius 1 is 1.00 bits per heavy atom. The highest BCUT2D eigenvalue weighted by atomic mass is 35.5. The number of rotatable bonds is 6. The molecule has 2 N–H and O–H groups in total. The fraction of sp³-hybridized carbons (Fsp3) is 0.235. The van der Waals surface area contributed by atoms with Gasteiger partial charge in [-0.15, -0.1) is 12.4 Å². The Hall–Kier alpha value is -2.20. The van der Waals surface area contributed by atoms with Gasteiger partial charge in [-0.25, -0.2) is 0 Å². The molecule has 0 saturated carbocycles. The second-order valence-electron chi connectivity index (χ2n) is 4.57. The van der Waals surface area contributed by atoms with Crippen LogP contribution in [0.25, 0.3) is 0 Å². The molecular weight excluding hydrogens is 300 g/mol. The summed E-state index contributed by atoms with van der Waals surface area (Å²) < 4.78 is 10.5. The Bertz CT molecular complexity index is 615. The molecule has 0 unspecified atom stereocenters. The molecule has 0 aromatic heterocycles. The van der Waals surface area contributed by atoms with Gasteiger partial charge in [0.2, 0.25) is 0 Å². The molecule has 0 bridgehead atoms. The summed E-state index contributed by atoms with van der Waals surface area (Å²) in [5, 5.41) is 0. The zero-order valence-corrected chi connectivity index (χ0v) is 13.6. The van der Waals surface area contributed by atoms with E-state index in [0.29, 0.717) is 12.4 Å². The van der Waals surface area contributed by atoms with Crippen LogP contribution in [-0.2, 0) is 6.42 Å². The molecule has 5 heteroatoms. The van der Waals surface area contributed by atoms with E-state index in [0.717, 1.165) is 29.0 Å². The molecular formula is C17H21ClN2O2. The summed E-state index contributed by atoms with van der Waals surface area (Å²) in [5.41, 5.74) is 8.05. The molecule has 0 aliphatic carbocycles. The predicted octanol–water partition coefficient (Wildman–Crippen LogP) is 3.07. The molecule has 0 radical (unpaired) electrons. The zero-order valence-electron chi connectivity index (χ0n) is 12.8. The predicted molar refractivity (Wildman–Crippen MR) is 92.5 cm³/mol. The first kappa shape index (κ1) is 17.9. The maximum atomic E-state index is 5.97. The minimum atomic E-state index is 0. The van der Waals surface area contributed by atoms with E-state index < -0.39 is 0 Å². The van der Waals surface area contributed by atoms with E-state index in [9.17, 15) is 0 Å². The summed E-state index contributed by atoms with van der Waals surface area (Å²) in [6.07, 6.45) is 0.799. The molecule has 0 aliphatic heterocycles. The fourth-order valence-corrected chi connectivity index (χ4v) is 2.04. The average molecular weight is 321 g/mol. The highest BCUT2D eigenvalue weighted by Crippen LogP contribution is 2.27. The number of hydrogen-bond acceptors (Lipinski definition) is 3. The Labute approximate surface area is 137 Å². The van der Waals surface area contributed by atoms with Crippen molar-refractivity contribution in [1.82, 2.24) is 0 Å². The number of nitrogens with zero attached hydrogens (tertiary/aromatic N) is 1. The van der Waals surface area contributed by atoms with Gasteiger partial charge in [-0.2, -0.15) is 0 Å². The summed E-state index contributed by atoms with van der Waals surface area (Å²) in [7, 11) is 3.26. The first-order chi connectivity index (χ1) is 10.2. The molecule has 0 atom stereocenters. The molecule has 118 valence electrons. The standard InChI is InChI=1S/C17H20N2O2.ClH/c1-20-15-9-8-13(12-16(15)21-2)10-11-19-17(18)14-6-4-3-5-7-14;/h3-9,12H,10-11H2,1-2H3,(H2,18,19);1H. The van der Waals surface area contributed by atoms with Crippen LogP contribution in [0.5, 0.6) is 11.5 Å². The van der Waals surface area contributed by atoms with Crippen LogP contribution in [0.1, 0.15) is 11.1 Å². The Kier molecular flexibility index (Phi) is 7.26. The number of nitrogens with two attached hydrogens (primary N) is 1. The maximum absolute atomic E-state index is 5.97. The molecule has 0 spiro atoms. The Balaban J connectivity index is 0.00000242. The van der Waals surface area contributed by atoms with Gasteiger partial charge >= 0.3 is 0 Å². The molecule has 0 heterocycles. The second kappa shape index (κ2) is 8.95. The van der Waals surface area contributed by atoms with Gasteiger partial charge in [0.1, 0.15) is 5.84 Å². The molecule has 2 rings (SSSR count). The Morgan fingerprint density at radius 2 is 1.68 bits per heavy atom. The third-order valence-corrected chi connectivity index (χ3v) is 3.20. The smallest absolute Gasteiger partial charge is 0.160 e. The van der Waals surface area contributed by atoms with E-state index in [1.807, 2.05) is 48.5 Å². The maximum Gasteiger partial charge on any atom is 0.160 e. The molecule has 4 nitrogen and oxygen atoms in total. The van der Waals surface area contributed by atoms with Crippen molar-refractivity contribution in [3.05, 3.63) is 59.7 Å². The van der Waals surface area contributed by atoms with Gasteiger partial charge < -0.3 is 15.2 Å². The van der Waals surface area contributed by atoms with Crippen molar-refractivity contribution >= 4 is 18.2 Å². The summed E-state index contributed by atoms with van der Waals surface area (Å²) >= 11 is 0. The van der Waals surface area contributed by atoms with E-state index >= 15 is 0 Å². The molecule has 2 aromatic carbocycles. The van der Waals surface area contributed by atoms with Gasteiger partial charge in [-0.3, -0.25) is 4.99 Å². The van der Waals surface area contributed by atoms with E-state index in [2.05, 4.69) is 4.99 Å². The van der Waals surface area contributed by atoms with Crippen LogP contribution >= 0.6 is 12.4 Å². The lowest BCUT2D eigenvalue weighted by atomic mass is 10.1. The van der Waals surface area contributed by atoms with E-state index in [4.69, 9.17) is 15.2 Å². The first-order valence-corrected chi connectivity index (χ1v) is 6.81. The third-order valence-electron chi connectivity index (χ3n) is 3.20. The molecule has 0 aliphatic rings. The molecule has 22 heavy (non-hydrogen) atoms. The number of halogens is 1. The monoisotopic (exact) mass is 320 g/mol. The number of hydrogen-bond donors (Lipinski definition) is 1. The van der Waals surface area contributed by atoms with Crippen LogP contribution in [0.15, 0.2) is 53.5 Å². The third kappa shape index (κ3) is 4.67. The molecule has 2 aromatic rings. The van der Waals surface area contributed by atoms with Crippen LogP contribution in [-0.4, -0.2) is 26.6 Å².